The van der Waals surface area contributed by atoms with Gasteiger partial charge in [-0.2, -0.15) is 5.26 Å². The average Bonchev–Trinajstić information content (AvgIpc) is 2.82. The number of hydrogen-bond acceptors (Lipinski definition) is 2. The minimum atomic E-state index is 0.705. The van der Waals surface area contributed by atoms with E-state index >= 15 is 0 Å². The molecule has 1 heterocycles. The number of aromatic amines is 1. The summed E-state index contributed by atoms with van der Waals surface area (Å²) in [5.74, 6) is 3.63. The van der Waals surface area contributed by atoms with Gasteiger partial charge in [-0.05, 0) is 31.4 Å². The van der Waals surface area contributed by atoms with E-state index in [2.05, 4.69) is 28.7 Å². The van der Waals surface area contributed by atoms with Gasteiger partial charge in [0.25, 0.3) is 5.82 Å². The minimum absolute atomic E-state index is 0.705. The fourth-order valence-corrected chi connectivity index (χ4v) is 2.76. The van der Waals surface area contributed by atoms with Gasteiger partial charge in [-0.1, -0.05) is 13.3 Å². The predicted molar refractivity (Wildman–Crippen MR) is 76.1 cm³/mol. The molecule has 3 nitrogen and oxygen atoms in total. The molecule has 0 radical (unpaired) electrons. The molecular weight excluding hydrogens is 242 g/mol. The van der Waals surface area contributed by atoms with Crippen LogP contribution in [0.15, 0.2) is 12.4 Å². The molecule has 0 spiro atoms. The fourth-order valence-electron chi connectivity index (χ4n) is 1.88. The van der Waals surface area contributed by atoms with E-state index in [0.717, 1.165) is 18.7 Å². The number of aromatic nitrogens is 2. The molecule has 0 unspecified atom stereocenters. The highest BCUT2D eigenvalue weighted by Gasteiger charge is 2.09. The van der Waals surface area contributed by atoms with Crippen molar-refractivity contribution in [3.05, 3.63) is 18.2 Å². The Hall–Kier alpha value is -0.950. The predicted octanol–water partition coefficient (Wildman–Crippen LogP) is 3.42. The van der Waals surface area contributed by atoms with E-state index in [0.29, 0.717) is 6.42 Å². The third-order valence-electron chi connectivity index (χ3n) is 2.88. The van der Waals surface area contributed by atoms with Crippen LogP contribution in [-0.4, -0.2) is 10.7 Å². The monoisotopic (exact) mass is 266 g/mol. The van der Waals surface area contributed by atoms with Crippen LogP contribution < -0.4 is 4.57 Å². The molecule has 1 aromatic rings. The number of nitrogens with zero attached hydrogens (tertiary/aromatic N) is 2. The van der Waals surface area contributed by atoms with E-state index in [1.165, 1.54) is 37.3 Å². The van der Waals surface area contributed by atoms with Crippen molar-refractivity contribution in [3.8, 4) is 6.07 Å². The maximum atomic E-state index is 8.45. The molecule has 0 fully saturated rings. The zero-order valence-corrected chi connectivity index (χ0v) is 12.1. The Morgan fingerprint density at radius 3 is 2.94 bits per heavy atom. The summed E-state index contributed by atoms with van der Waals surface area (Å²) in [6.45, 7) is 3.31. The summed E-state index contributed by atoms with van der Waals surface area (Å²) < 4.78 is 2.33. The van der Waals surface area contributed by atoms with Crippen LogP contribution in [0.25, 0.3) is 0 Å². The third kappa shape index (κ3) is 6.11. The largest absolute Gasteiger partial charge is 0.264 e. The Balaban J connectivity index is 2.17. The van der Waals surface area contributed by atoms with Gasteiger partial charge in [-0.25, -0.2) is 9.55 Å². The SMILES string of the molecule is CCCSCc1[nH]cc[n+]1CCCCCCC#N. The summed E-state index contributed by atoms with van der Waals surface area (Å²) in [7, 11) is 0. The van der Waals surface area contributed by atoms with Crippen LogP contribution in [0, 0.1) is 11.3 Å². The first-order valence-electron chi connectivity index (χ1n) is 6.89. The number of nitriles is 1. The van der Waals surface area contributed by atoms with Gasteiger partial charge in [0, 0.05) is 6.42 Å². The van der Waals surface area contributed by atoms with Crippen molar-refractivity contribution in [2.75, 3.05) is 5.75 Å². The molecule has 1 aromatic heterocycles. The average molecular weight is 266 g/mol. The Labute approximate surface area is 115 Å². The molecule has 1 rings (SSSR count). The molecule has 4 heteroatoms. The van der Waals surface area contributed by atoms with Gasteiger partial charge in [0.05, 0.1) is 18.4 Å². The molecule has 0 saturated carbocycles. The van der Waals surface area contributed by atoms with Crippen LogP contribution in [0.4, 0.5) is 0 Å². The van der Waals surface area contributed by atoms with E-state index in [9.17, 15) is 0 Å². The molecule has 0 atom stereocenters. The second-order valence-corrected chi connectivity index (χ2v) is 5.58. The first-order valence-corrected chi connectivity index (χ1v) is 8.04. The van der Waals surface area contributed by atoms with Gasteiger partial charge < -0.3 is 0 Å². The third-order valence-corrected chi connectivity index (χ3v) is 4.05. The van der Waals surface area contributed by atoms with Crippen molar-refractivity contribution < 1.29 is 4.57 Å². The van der Waals surface area contributed by atoms with Crippen LogP contribution in [0.2, 0.25) is 0 Å². The molecule has 0 aliphatic rings. The Morgan fingerprint density at radius 1 is 1.33 bits per heavy atom. The second-order valence-electron chi connectivity index (χ2n) is 4.48. The highest BCUT2D eigenvalue weighted by atomic mass is 32.2. The molecule has 0 amide bonds. The molecule has 0 saturated heterocycles. The molecule has 0 bridgehead atoms. The summed E-state index contributed by atoms with van der Waals surface area (Å²) in [5.41, 5.74) is 0. The van der Waals surface area contributed by atoms with E-state index in [1.54, 1.807) is 0 Å². The van der Waals surface area contributed by atoms with Crippen LogP contribution >= 0.6 is 11.8 Å². The molecule has 100 valence electrons. The lowest BCUT2D eigenvalue weighted by atomic mass is 10.1. The van der Waals surface area contributed by atoms with Gasteiger partial charge in [-0.15, -0.1) is 11.8 Å². The zero-order valence-electron chi connectivity index (χ0n) is 11.3. The number of unbranched alkanes of at least 4 members (excludes halogenated alkanes) is 4. The minimum Gasteiger partial charge on any atom is -0.247 e. The number of rotatable bonds is 10. The normalized spacial score (nSPS) is 10.4. The number of H-pyrrole nitrogens is 1. The molecule has 1 N–H and O–H groups in total. The first kappa shape index (κ1) is 15.1. The van der Waals surface area contributed by atoms with Crippen LogP contribution in [0.5, 0.6) is 0 Å². The lowest BCUT2D eigenvalue weighted by Gasteiger charge is -2.01. The summed E-state index contributed by atoms with van der Waals surface area (Å²) >= 11 is 1.99. The van der Waals surface area contributed by atoms with Gasteiger partial charge >= 0.3 is 0 Å². The van der Waals surface area contributed by atoms with Crippen molar-refractivity contribution in [2.45, 2.75) is 57.7 Å². The van der Waals surface area contributed by atoms with Crippen LogP contribution in [0.3, 0.4) is 0 Å². The quantitative estimate of drug-likeness (QED) is 0.521. The lowest BCUT2D eigenvalue weighted by Crippen LogP contribution is -2.35. The zero-order chi connectivity index (χ0) is 13.1. The molecule has 0 aliphatic carbocycles. The van der Waals surface area contributed by atoms with E-state index < -0.39 is 0 Å². The van der Waals surface area contributed by atoms with Crippen molar-refractivity contribution in [2.24, 2.45) is 0 Å². The highest BCUT2D eigenvalue weighted by Crippen LogP contribution is 2.08. The Bertz CT molecular complexity index is 354. The van der Waals surface area contributed by atoms with Gasteiger partial charge in [0.15, 0.2) is 0 Å². The Kier molecular flexibility index (Phi) is 8.41. The first-order chi connectivity index (χ1) is 8.88. The molecular formula is C14H24N3S+. The number of hydrogen-bond donors (Lipinski definition) is 1. The summed E-state index contributed by atoms with van der Waals surface area (Å²) in [4.78, 5) is 3.32. The topological polar surface area (TPSA) is 43.5 Å². The van der Waals surface area contributed by atoms with E-state index in [-0.39, 0.29) is 0 Å². The lowest BCUT2D eigenvalue weighted by molar-refractivity contribution is -0.702. The summed E-state index contributed by atoms with van der Waals surface area (Å²) in [5, 5.41) is 8.45. The highest BCUT2D eigenvalue weighted by molar-refractivity contribution is 7.98. The standard InChI is InChI=1S/C14H23N3S/c1-2-12-18-13-14-16-9-11-17(14)10-7-5-3-4-6-8-15/h9,11H,2-7,10,12-13H2,1H3/p+1. The van der Waals surface area contributed by atoms with Crippen molar-refractivity contribution in [3.63, 3.8) is 0 Å². The molecule has 0 aromatic carbocycles. The van der Waals surface area contributed by atoms with Crippen LogP contribution in [0.1, 0.15) is 51.3 Å². The number of imidazole rings is 1. The summed E-state index contributed by atoms with van der Waals surface area (Å²) in [6, 6.07) is 2.20. The maximum absolute atomic E-state index is 8.45. The van der Waals surface area contributed by atoms with Gasteiger partial charge in [0.1, 0.15) is 12.4 Å². The van der Waals surface area contributed by atoms with E-state index in [4.69, 9.17) is 5.26 Å². The maximum Gasteiger partial charge on any atom is 0.264 e. The van der Waals surface area contributed by atoms with Crippen molar-refractivity contribution in [1.82, 2.24) is 4.98 Å². The Morgan fingerprint density at radius 2 is 2.17 bits per heavy atom. The van der Waals surface area contributed by atoms with Crippen molar-refractivity contribution >= 4 is 11.8 Å². The number of thioether (sulfide) groups is 1. The number of nitrogens with one attached hydrogen (secondary N) is 1. The smallest absolute Gasteiger partial charge is 0.247 e. The summed E-state index contributed by atoms with van der Waals surface area (Å²) in [6.07, 6.45) is 10.8. The van der Waals surface area contributed by atoms with Crippen molar-refractivity contribution in [1.29, 1.82) is 5.26 Å². The molecule has 0 aliphatic heterocycles. The van der Waals surface area contributed by atoms with Crippen LogP contribution in [-0.2, 0) is 12.3 Å². The van der Waals surface area contributed by atoms with E-state index in [1.807, 2.05) is 18.0 Å². The second kappa shape index (κ2) is 10.0. The molecule has 18 heavy (non-hydrogen) atoms. The van der Waals surface area contributed by atoms with Gasteiger partial charge in [-0.3, -0.25) is 0 Å². The fraction of sp³-hybridized carbons (Fsp3) is 0.714. The number of aryl methyl sites for hydroxylation is 1. The van der Waals surface area contributed by atoms with Gasteiger partial charge in [0.2, 0.25) is 0 Å².